The lowest BCUT2D eigenvalue weighted by Gasteiger charge is -2.19. The summed E-state index contributed by atoms with van der Waals surface area (Å²) < 4.78 is 43.4. The molecule has 0 fully saturated rings. The molecule has 0 aliphatic carbocycles. The number of methoxy groups -OCH3 is 1. The van der Waals surface area contributed by atoms with Crippen LogP contribution in [0.5, 0.6) is 5.88 Å². The smallest absolute Gasteiger partial charge is 0.433 e. The highest BCUT2D eigenvalue weighted by Gasteiger charge is 2.37. The van der Waals surface area contributed by atoms with Gasteiger partial charge in [0.15, 0.2) is 5.70 Å². The van der Waals surface area contributed by atoms with Gasteiger partial charge in [-0.05, 0) is 18.2 Å². The summed E-state index contributed by atoms with van der Waals surface area (Å²) in [5, 5.41) is 1.61. The topological polar surface area (TPSA) is 62.3 Å². The zero-order valence-corrected chi connectivity index (χ0v) is 13.0. The van der Waals surface area contributed by atoms with Gasteiger partial charge in [0.1, 0.15) is 6.33 Å². The number of alkyl halides is 3. The number of anilines is 1. The number of nitrogens with one attached hydrogen (secondary N) is 2. The first kappa shape index (κ1) is 16.3. The fraction of sp³-hybridized carbons (Fsp3) is 0.143. The molecule has 10 heteroatoms. The Labute approximate surface area is 139 Å². The van der Waals surface area contributed by atoms with Gasteiger partial charge in [0.2, 0.25) is 5.88 Å². The molecule has 126 valence electrons. The van der Waals surface area contributed by atoms with Crippen LogP contribution in [0.25, 0.3) is 11.3 Å². The minimum absolute atomic E-state index is 0.324. The lowest BCUT2D eigenvalue weighted by molar-refractivity contribution is -0.0965. The summed E-state index contributed by atoms with van der Waals surface area (Å²) in [5.74, 6) is 0.324. The number of aromatic nitrogens is 2. The zero-order chi connectivity index (χ0) is 17.3. The van der Waals surface area contributed by atoms with Crippen molar-refractivity contribution >= 4 is 17.3 Å². The molecule has 3 rings (SSSR count). The first-order chi connectivity index (χ1) is 11.4. The molecule has 24 heavy (non-hydrogen) atoms. The van der Waals surface area contributed by atoms with Crippen LogP contribution in [0.2, 0.25) is 5.02 Å². The number of rotatable bonds is 3. The van der Waals surface area contributed by atoms with E-state index in [4.69, 9.17) is 16.3 Å². The predicted octanol–water partition coefficient (Wildman–Crippen LogP) is 3.04. The van der Waals surface area contributed by atoms with Crippen molar-refractivity contribution in [2.24, 2.45) is 0 Å². The van der Waals surface area contributed by atoms with E-state index in [2.05, 4.69) is 20.9 Å². The van der Waals surface area contributed by atoms with E-state index in [0.29, 0.717) is 27.8 Å². The third-order valence-electron chi connectivity index (χ3n) is 3.22. The van der Waals surface area contributed by atoms with Crippen molar-refractivity contribution in [3.8, 4) is 17.1 Å². The van der Waals surface area contributed by atoms with Crippen LogP contribution in [-0.2, 0) is 0 Å². The Hall–Kier alpha value is -2.52. The molecule has 0 atom stereocenters. The van der Waals surface area contributed by atoms with Gasteiger partial charge < -0.3 is 4.74 Å². The van der Waals surface area contributed by atoms with Crippen LogP contribution in [0.3, 0.4) is 0 Å². The molecular weight excluding hydrogens is 347 g/mol. The molecule has 0 spiro atoms. The Morgan fingerprint density at radius 3 is 2.67 bits per heavy atom. The van der Waals surface area contributed by atoms with Gasteiger partial charge in [-0.2, -0.15) is 13.2 Å². The highest BCUT2D eigenvalue weighted by Crippen LogP contribution is 2.35. The Balaban J connectivity index is 2.05. The van der Waals surface area contributed by atoms with Gasteiger partial charge in [-0.3, -0.25) is 10.4 Å². The maximum atomic E-state index is 12.8. The number of hydrogen-bond acceptors (Lipinski definition) is 6. The number of ether oxygens (including phenoxy) is 1. The second-order valence-corrected chi connectivity index (χ2v) is 5.19. The van der Waals surface area contributed by atoms with Crippen LogP contribution >= 0.6 is 11.6 Å². The molecule has 2 N–H and O–H groups in total. The molecule has 1 aromatic heterocycles. The van der Waals surface area contributed by atoms with Gasteiger partial charge in [0.05, 0.1) is 24.7 Å². The maximum absolute atomic E-state index is 12.8. The van der Waals surface area contributed by atoms with E-state index in [1.54, 1.807) is 24.3 Å². The van der Waals surface area contributed by atoms with E-state index in [-0.39, 0.29) is 0 Å². The summed E-state index contributed by atoms with van der Waals surface area (Å²) in [7, 11) is 1.45. The molecule has 0 amide bonds. The van der Waals surface area contributed by atoms with Gasteiger partial charge in [-0.1, -0.05) is 11.6 Å². The minimum Gasteiger partial charge on any atom is -0.481 e. The van der Waals surface area contributed by atoms with Gasteiger partial charge in [-0.15, -0.1) is 5.53 Å². The second kappa shape index (κ2) is 6.17. The van der Waals surface area contributed by atoms with Gasteiger partial charge in [-0.25, -0.2) is 9.97 Å². The summed E-state index contributed by atoms with van der Waals surface area (Å²) in [6.07, 6.45) is -2.29. The Morgan fingerprint density at radius 2 is 2.00 bits per heavy atom. The largest absolute Gasteiger partial charge is 0.481 e. The van der Waals surface area contributed by atoms with Gasteiger partial charge in [0, 0.05) is 16.7 Å². The Kier molecular flexibility index (Phi) is 4.20. The summed E-state index contributed by atoms with van der Waals surface area (Å²) in [4.78, 5) is 8.04. The molecule has 0 radical (unpaired) electrons. The molecular formula is C14H11ClF3N5O. The van der Waals surface area contributed by atoms with Crippen molar-refractivity contribution in [3.05, 3.63) is 47.5 Å². The number of hydrogen-bond donors (Lipinski definition) is 2. The fourth-order valence-electron chi connectivity index (χ4n) is 2.11. The van der Waals surface area contributed by atoms with Crippen molar-refractivity contribution in [2.45, 2.75) is 6.18 Å². The molecule has 0 unspecified atom stereocenters. The molecule has 0 saturated carbocycles. The van der Waals surface area contributed by atoms with Gasteiger partial charge in [0.25, 0.3) is 0 Å². The van der Waals surface area contributed by atoms with E-state index in [1.807, 2.05) is 0 Å². The second-order valence-electron chi connectivity index (χ2n) is 4.75. The summed E-state index contributed by atoms with van der Waals surface area (Å²) in [5.41, 5.74) is 5.00. The van der Waals surface area contributed by atoms with Crippen LogP contribution in [0, 0.1) is 0 Å². The molecule has 1 aliphatic heterocycles. The number of allylic oxidation sites excluding steroid dienone is 1. The average Bonchev–Trinajstić information content (AvgIpc) is 3.05. The third kappa shape index (κ3) is 3.22. The molecule has 6 nitrogen and oxygen atoms in total. The van der Waals surface area contributed by atoms with E-state index < -0.39 is 11.9 Å². The van der Waals surface area contributed by atoms with Crippen LogP contribution in [0.15, 0.2) is 42.5 Å². The minimum atomic E-state index is -4.49. The van der Waals surface area contributed by atoms with Crippen LogP contribution in [0.1, 0.15) is 0 Å². The number of hydrazine groups is 2. The van der Waals surface area contributed by atoms with Crippen molar-refractivity contribution in [3.63, 3.8) is 0 Å². The first-order valence-electron chi connectivity index (χ1n) is 6.64. The average molecular weight is 358 g/mol. The third-order valence-corrected chi connectivity index (χ3v) is 3.45. The summed E-state index contributed by atoms with van der Waals surface area (Å²) >= 11 is 6.02. The van der Waals surface area contributed by atoms with Crippen LogP contribution in [-0.4, -0.2) is 23.3 Å². The highest BCUT2D eigenvalue weighted by molar-refractivity contribution is 6.31. The monoisotopic (exact) mass is 357 g/mol. The molecule has 1 aromatic carbocycles. The van der Waals surface area contributed by atoms with Crippen molar-refractivity contribution in [2.75, 3.05) is 12.1 Å². The summed E-state index contributed by atoms with van der Waals surface area (Å²) in [6.45, 7) is 0. The van der Waals surface area contributed by atoms with Gasteiger partial charge >= 0.3 is 6.18 Å². The summed E-state index contributed by atoms with van der Waals surface area (Å²) in [6, 6.07) is 6.31. The lowest BCUT2D eigenvalue weighted by atomic mass is 10.1. The van der Waals surface area contributed by atoms with Crippen molar-refractivity contribution in [1.29, 1.82) is 0 Å². The molecule has 0 saturated heterocycles. The Bertz CT molecular complexity index is 796. The first-order valence-corrected chi connectivity index (χ1v) is 7.02. The van der Waals surface area contributed by atoms with Crippen LogP contribution in [0.4, 0.5) is 18.9 Å². The standard InChI is InChI=1S/C14H11ClF3N5O/c1-24-13-5-10(19-7-20-13)9-4-8(15)2-3-11(9)23-6-12(21-22-23)14(16,17)18/h2-7,21-22H,1H3. The van der Waals surface area contributed by atoms with E-state index in [1.165, 1.54) is 18.4 Å². The lowest BCUT2D eigenvalue weighted by Crippen LogP contribution is -2.38. The SMILES string of the molecule is COc1cc(-c2cc(Cl)ccc2N2C=C(C(F)(F)F)NN2)ncn1. The number of nitrogens with zero attached hydrogens (tertiary/aromatic N) is 3. The van der Waals surface area contributed by atoms with Crippen molar-refractivity contribution < 1.29 is 17.9 Å². The molecule has 2 aromatic rings. The zero-order valence-electron chi connectivity index (χ0n) is 12.2. The van der Waals surface area contributed by atoms with E-state index in [9.17, 15) is 13.2 Å². The predicted molar refractivity (Wildman–Crippen MR) is 81.9 cm³/mol. The normalized spacial score (nSPS) is 14.4. The molecule has 1 aliphatic rings. The number of benzene rings is 1. The number of halogens is 4. The maximum Gasteiger partial charge on any atom is 0.433 e. The fourth-order valence-corrected chi connectivity index (χ4v) is 2.28. The quantitative estimate of drug-likeness (QED) is 0.880. The Morgan fingerprint density at radius 1 is 1.21 bits per heavy atom. The highest BCUT2D eigenvalue weighted by atomic mass is 35.5. The molecule has 2 heterocycles. The van der Waals surface area contributed by atoms with E-state index in [0.717, 1.165) is 6.20 Å². The molecule has 0 bridgehead atoms. The van der Waals surface area contributed by atoms with E-state index >= 15 is 0 Å². The van der Waals surface area contributed by atoms with Crippen molar-refractivity contribution in [1.82, 2.24) is 20.9 Å². The van der Waals surface area contributed by atoms with Crippen LogP contribution < -0.4 is 20.7 Å².